The molecular formula is C11H16N2O3. The summed E-state index contributed by atoms with van der Waals surface area (Å²) in [5, 5.41) is 2.68. The minimum Gasteiger partial charge on any atom is -0.497 e. The SMILES string of the molecule is COc1cc(CNC(=O)CN)cc(OC)c1. The van der Waals surface area contributed by atoms with Crippen molar-refractivity contribution in [2.24, 2.45) is 5.73 Å². The molecule has 0 bridgehead atoms. The number of hydrogen-bond donors (Lipinski definition) is 2. The smallest absolute Gasteiger partial charge is 0.234 e. The Balaban J connectivity index is 2.74. The highest BCUT2D eigenvalue weighted by molar-refractivity contribution is 5.77. The average molecular weight is 224 g/mol. The van der Waals surface area contributed by atoms with Gasteiger partial charge >= 0.3 is 0 Å². The maximum Gasteiger partial charge on any atom is 0.234 e. The molecule has 1 aromatic rings. The summed E-state index contributed by atoms with van der Waals surface area (Å²) < 4.78 is 10.2. The lowest BCUT2D eigenvalue weighted by Gasteiger charge is -2.09. The van der Waals surface area contributed by atoms with Crippen LogP contribution in [0.2, 0.25) is 0 Å². The van der Waals surface area contributed by atoms with E-state index in [2.05, 4.69) is 5.32 Å². The van der Waals surface area contributed by atoms with E-state index in [1.807, 2.05) is 12.1 Å². The molecule has 88 valence electrons. The van der Waals surface area contributed by atoms with Gasteiger partial charge in [0.15, 0.2) is 0 Å². The molecule has 0 fully saturated rings. The lowest BCUT2D eigenvalue weighted by Crippen LogP contribution is -2.29. The molecule has 1 aromatic carbocycles. The molecule has 3 N–H and O–H groups in total. The van der Waals surface area contributed by atoms with Crippen molar-refractivity contribution in [3.8, 4) is 11.5 Å². The number of amides is 1. The highest BCUT2D eigenvalue weighted by Crippen LogP contribution is 2.22. The van der Waals surface area contributed by atoms with E-state index in [1.165, 1.54) is 0 Å². The van der Waals surface area contributed by atoms with E-state index in [-0.39, 0.29) is 12.5 Å². The Hall–Kier alpha value is -1.75. The number of carbonyl (C=O) groups is 1. The van der Waals surface area contributed by atoms with Crippen LogP contribution in [0.15, 0.2) is 18.2 Å². The van der Waals surface area contributed by atoms with E-state index in [4.69, 9.17) is 15.2 Å². The largest absolute Gasteiger partial charge is 0.497 e. The maximum atomic E-state index is 11.0. The van der Waals surface area contributed by atoms with Gasteiger partial charge in [0.25, 0.3) is 0 Å². The summed E-state index contributed by atoms with van der Waals surface area (Å²) in [6.45, 7) is 0.394. The molecule has 16 heavy (non-hydrogen) atoms. The molecule has 0 aliphatic heterocycles. The van der Waals surface area contributed by atoms with Crippen LogP contribution in [0.4, 0.5) is 0 Å². The van der Waals surface area contributed by atoms with Crippen LogP contribution in [0.3, 0.4) is 0 Å². The molecule has 0 unspecified atom stereocenters. The third-order valence-corrected chi connectivity index (χ3v) is 2.09. The van der Waals surface area contributed by atoms with Gasteiger partial charge in [0.1, 0.15) is 11.5 Å². The first kappa shape index (κ1) is 12.3. The minimum atomic E-state index is -0.193. The summed E-state index contributed by atoms with van der Waals surface area (Å²) in [6, 6.07) is 5.44. The summed E-state index contributed by atoms with van der Waals surface area (Å²) in [4.78, 5) is 11.0. The number of carbonyl (C=O) groups excluding carboxylic acids is 1. The quantitative estimate of drug-likeness (QED) is 0.753. The zero-order chi connectivity index (χ0) is 12.0. The summed E-state index contributed by atoms with van der Waals surface area (Å²) in [5.41, 5.74) is 6.09. The number of nitrogens with two attached hydrogens (primary N) is 1. The van der Waals surface area contributed by atoms with E-state index in [9.17, 15) is 4.79 Å². The standard InChI is InChI=1S/C11H16N2O3/c1-15-9-3-8(4-10(5-9)16-2)7-13-11(14)6-12/h3-5H,6-7,12H2,1-2H3,(H,13,14). The van der Waals surface area contributed by atoms with Crippen molar-refractivity contribution in [3.05, 3.63) is 23.8 Å². The van der Waals surface area contributed by atoms with Crippen molar-refractivity contribution in [1.82, 2.24) is 5.32 Å². The van der Waals surface area contributed by atoms with Gasteiger partial charge in [-0.3, -0.25) is 4.79 Å². The molecule has 5 heteroatoms. The number of hydrogen-bond acceptors (Lipinski definition) is 4. The number of methoxy groups -OCH3 is 2. The fourth-order valence-corrected chi connectivity index (χ4v) is 1.24. The van der Waals surface area contributed by atoms with Gasteiger partial charge in [0, 0.05) is 12.6 Å². The predicted molar refractivity (Wildman–Crippen MR) is 60.4 cm³/mol. The Bertz CT molecular complexity index is 344. The molecule has 0 atom stereocenters. The third-order valence-electron chi connectivity index (χ3n) is 2.09. The number of rotatable bonds is 5. The van der Waals surface area contributed by atoms with Gasteiger partial charge in [-0.05, 0) is 17.7 Å². The Morgan fingerprint density at radius 2 is 1.81 bits per heavy atom. The Morgan fingerprint density at radius 1 is 1.25 bits per heavy atom. The van der Waals surface area contributed by atoms with Gasteiger partial charge in [-0.2, -0.15) is 0 Å². The molecule has 0 spiro atoms. The zero-order valence-electron chi connectivity index (χ0n) is 9.45. The summed E-state index contributed by atoms with van der Waals surface area (Å²) in [6.07, 6.45) is 0. The van der Waals surface area contributed by atoms with Gasteiger partial charge in [0.2, 0.25) is 5.91 Å². The van der Waals surface area contributed by atoms with E-state index in [1.54, 1.807) is 20.3 Å². The Kier molecular flexibility index (Phi) is 4.60. The third kappa shape index (κ3) is 3.43. The normalized spacial score (nSPS) is 9.69. The van der Waals surface area contributed by atoms with Crippen molar-refractivity contribution in [1.29, 1.82) is 0 Å². The number of nitrogens with one attached hydrogen (secondary N) is 1. The molecule has 0 saturated carbocycles. The van der Waals surface area contributed by atoms with Crippen molar-refractivity contribution in [2.75, 3.05) is 20.8 Å². The van der Waals surface area contributed by atoms with Crippen molar-refractivity contribution < 1.29 is 14.3 Å². The molecule has 5 nitrogen and oxygen atoms in total. The average Bonchev–Trinajstić information content (AvgIpc) is 2.35. The second kappa shape index (κ2) is 5.97. The fourth-order valence-electron chi connectivity index (χ4n) is 1.24. The van der Waals surface area contributed by atoms with E-state index in [0.717, 1.165) is 5.56 Å². The molecule has 0 saturated heterocycles. The number of ether oxygens (including phenoxy) is 2. The van der Waals surface area contributed by atoms with Gasteiger partial charge in [0.05, 0.1) is 20.8 Å². The van der Waals surface area contributed by atoms with Gasteiger partial charge in [-0.25, -0.2) is 0 Å². The molecule has 1 amide bonds. The van der Waals surface area contributed by atoms with Crippen LogP contribution in [0.25, 0.3) is 0 Å². The minimum absolute atomic E-state index is 0.0128. The molecular weight excluding hydrogens is 208 g/mol. The van der Waals surface area contributed by atoms with Gasteiger partial charge in [-0.15, -0.1) is 0 Å². The van der Waals surface area contributed by atoms with Crippen LogP contribution in [-0.2, 0) is 11.3 Å². The van der Waals surface area contributed by atoms with Crippen LogP contribution < -0.4 is 20.5 Å². The fraction of sp³-hybridized carbons (Fsp3) is 0.364. The van der Waals surface area contributed by atoms with Crippen molar-refractivity contribution in [2.45, 2.75) is 6.54 Å². The highest BCUT2D eigenvalue weighted by Gasteiger charge is 2.03. The van der Waals surface area contributed by atoms with E-state index >= 15 is 0 Å². The van der Waals surface area contributed by atoms with Crippen LogP contribution in [0.5, 0.6) is 11.5 Å². The molecule has 0 aliphatic carbocycles. The highest BCUT2D eigenvalue weighted by atomic mass is 16.5. The first-order valence-electron chi connectivity index (χ1n) is 4.88. The van der Waals surface area contributed by atoms with Gasteiger partial charge < -0.3 is 20.5 Å². The Morgan fingerprint density at radius 3 is 2.25 bits per heavy atom. The second-order valence-corrected chi connectivity index (χ2v) is 3.20. The summed E-state index contributed by atoms with van der Waals surface area (Å²) >= 11 is 0. The first-order chi connectivity index (χ1) is 7.69. The van der Waals surface area contributed by atoms with Crippen LogP contribution in [-0.4, -0.2) is 26.7 Å². The van der Waals surface area contributed by atoms with Gasteiger partial charge in [-0.1, -0.05) is 0 Å². The summed E-state index contributed by atoms with van der Waals surface area (Å²) in [7, 11) is 3.16. The van der Waals surface area contributed by atoms with Crippen LogP contribution >= 0.6 is 0 Å². The van der Waals surface area contributed by atoms with E-state index < -0.39 is 0 Å². The molecule has 0 aromatic heterocycles. The summed E-state index contributed by atoms with van der Waals surface area (Å²) in [5.74, 6) is 1.19. The molecule has 0 aliphatic rings. The second-order valence-electron chi connectivity index (χ2n) is 3.20. The van der Waals surface area contributed by atoms with Crippen LogP contribution in [0, 0.1) is 0 Å². The van der Waals surface area contributed by atoms with E-state index in [0.29, 0.717) is 18.0 Å². The monoisotopic (exact) mass is 224 g/mol. The van der Waals surface area contributed by atoms with Crippen LogP contribution in [0.1, 0.15) is 5.56 Å². The zero-order valence-corrected chi connectivity index (χ0v) is 9.45. The first-order valence-corrected chi connectivity index (χ1v) is 4.88. The van der Waals surface area contributed by atoms with Crippen molar-refractivity contribution in [3.63, 3.8) is 0 Å². The Labute approximate surface area is 94.5 Å². The molecule has 1 rings (SSSR count). The number of benzene rings is 1. The maximum absolute atomic E-state index is 11.0. The molecule has 0 radical (unpaired) electrons. The lowest BCUT2D eigenvalue weighted by atomic mass is 10.2. The molecule has 0 heterocycles. The lowest BCUT2D eigenvalue weighted by molar-refractivity contribution is -0.119. The topological polar surface area (TPSA) is 73.6 Å². The van der Waals surface area contributed by atoms with Crippen molar-refractivity contribution >= 4 is 5.91 Å². The predicted octanol–water partition coefficient (Wildman–Crippen LogP) is 0.279.